The van der Waals surface area contributed by atoms with E-state index in [9.17, 15) is 4.79 Å². The monoisotopic (exact) mass is 422 g/mol. The van der Waals surface area contributed by atoms with Gasteiger partial charge in [-0.1, -0.05) is 13.0 Å². The molecule has 2 N–H and O–H groups in total. The Morgan fingerprint density at radius 2 is 1.97 bits per heavy atom. The summed E-state index contributed by atoms with van der Waals surface area (Å²) in [5.41, 5.74) is 4.97. The van der Waals surface area contributed by atoms with Gasteiger partial charge in [0.2, 0.25) is 0 Å². The molecule has 1 aliphatic rings. The van der Waals surface area contributed by atoms with Crippen LogP contribution in [0.5, 0.6) is 0 Å². The van der Waals surface area contributed by atoms with Crippen LogP contribution in [0.15, 0.2) is 24.4 Å². The SMILES string of the molecule is CCN1CCN(c2ccc(CNC(=O)c3cc(-c4c(C)nn(C)c4C)n[nH]3)cn2)CC1. The molecule has 9 nitrogen and oxygen atoms in total. The van der Waals surface area contributed by atoms with Gasteiger partial charge in [-0.2, -0.15) is 10.2 Å². The fourth-order valence-corrected chi connectivity index (χ4v) is 3.99. The molecule has 1 fully saturated rings. The predicted molar refractivity (Wildman–Crippen MR) is 120 cm³/mol. The van der Waals surface area contributed by atoms with Gasteiger partial charge < -0.3 is 15.1 Å². The van der Waals surface area contributed by atoms with E-state index >= 15 is 0 Å². The molecule has 0 radical (unpaired) electrons. The Labute approximate surface area is 182 Å². The lowest BCUT2D eigenvalue weighted by molar-refractivity contribution is 0.0946. The van der Waals surface area contributed by atoms with Crippen LogP contribution in [0, 0.1) is 13.8 Å². The van der Waals surface area contributed by atoms with Crippen LogP contribution in [0.3, 0.4) is 0 Å². The summed E-state index contributed by atoms with van der Waals surface area (Å²) in [5, 5.41) is 14.5. The van der Waals surface area contributed by atoms with E-state index < -0.39 is 0 Å². The van der Waals surface area contributed by atoms with Gasteiger partial charge in [0, 0.05) is 57.2 Å². The molecule has 4 rings (SSSR count). The number of carbonyl (C=O) groups excluding carboxylic acids is 1. The quantitative estimate of drug-likeness (QED) is 0.630. The normalized spacial score (nSPS) is 14.8. The molecule has 1 aliphatic heterocycles. The van der Waals surface area contributed by atoms with E-state index in [4.69, 9.17) is 0 Å². The summed E-state index contributed by atoms with van der Waals surface area (Å²) in [7, 11) is 1.90. The third-order valence-electron chi connectivity index (χ3n) is 5.99. The molecule has 1 amide bonds. The van der Waals surface area contributed by atoms with Gasteiger partial charge in [0.05, 0.1) is 11.4 Å². The van der Waals surface area contributed by atoms with Crippen molar-refractivity contribution in [2.24, 2.45) is 7.05 Å². The van der Waals surface area contributed by atoms with Crippen molar-refractivity contribution in [3.63, 3.8) is 0 Å². The van der Waals surface area contributed by atoms with Gasteiger partial charge >= 0.3 is 0 Å². The number of aromatic nitrogens is 5. The molecule has 0 aromatic carbocycles. The van der Waals surface area contributed by atoms with Crippen LogP contribution in [0.4, 0.5) is 5.82 Å². The van der Waals surface area contributed by atoms with Crippen LogP contribution in [0.25, 0.3) is 11.3 Å². The van der Waals surface area contributed by atoms with Crippen LogP contribution in [-0.2, 0) is 13.6 Å². The second kappa shape index (κ2) is 8.89. The number of likely N-dealkylation sites (N-methyl/N-ethyl adjacent to an activating group) is 1. The van der Waals surface area contributed by atoms with Gasteiger partial charge in [-0.15, -0.1) is 0 Å². The van der Waals surface area contributed by atoms with Gasteiger partial charge in [0.15, 0.2) is 0 Å². The predicted octanol–water partition coefficient (Wildman–Crippen LogP) is 1.89. The largest absolute Gasteiger partial charge is 0.354 e. The highest BCUT2D eigenvalue weighted by Gasteiger charge is 2.18. The molecular formula is C22H30N8O. The molecule has 0 atom stereocenters. The second-order valence-electron chi connectivity index (χ2n) is 7.96. The lowest BCUT2D eigenvalue weighted by Gasteiger charge is -2.34. The van der Waals surface area contributed by atoms with E-state index in [1.165, 1.54) is 0 Å². The lowest BCUT2D eigenvalue weighted by Crippen LogP contribution is -2.46. The third kappa shape index (κ3) is 4.46. The number of nitrogens with one attached hydrogen (secondary N) is 2. The van der Waals surface area contributed by atoms with Crippen molar-refractivity contribution in [3.8, 4) is 11.3 Å². The Bertz CT molecular complexity index is 1040. The number of H-pyrrole nitrogens is 1. The molecule has 164 valence electrons. The smallest absolute Gasteiger partial charge is 0.269 e. The molecule has 31 heavy (non-hydrogen) atoms. The van der Waals surface area contributed by atoms with Crippen molar-refractivity contribution in [3.05, 3.63) is 47.0 Å². The summed E-state index contributed by atoms with van der Waals surface area (Å²) >= 11 is 0. The highest BCUT2D eigenvalue weighted by atomic mass is 16.1. The average Bonchev–Trinajstić information content (AvgIpc) is 3.36. The van der Waals surface area contributed by atoms with E-state index in [-0.39, 0.29) is 5.91 Å². The fraction of sp³-hybridized carbons (Fsp3) is 0.455. The summed E-state index contributed by atoms with van der Waals surface area (Å²) in [4.78, 5) is 21.9. The molecule has 9 heteroatoms. The molecule has 0 aliphatic carbocycles. The average molecular weight is 423 g/mol. The van der Waals surface area contributed by atoms with Crippen molar-refractivity contribution >= 4 is 11.7 Å². The Hall–Kier alpha value is -3.20. The van der Waals surface area contributed by atoms with Gasteiger partial charge in [-0.25, -0.2) is 4.98 Å². The first-order valence-corrected chi connectivity index (χ1v) is 10.7. The van der Waals surface area contributed by atoms with Crippen molar-refractivity contribution in [1.29, 1.82) is 0 Å². The number of hydrogen-bond acceptors (Lipinski definition) is 6. The topological polar surface area (TPSA) is 95.0 Å². The summed E-state index contributed by atoms with van der Waals surface area (Å²) in [6, 6.07) is 5.82. The number of aryl methyl sites for hydroxylation is 2. The Balaban J connectivity index is 1.34. The molecule has 0 spiro atoms. The molecule has 4 heterocycles. The molecule has 0 bridgehead atoms. The number of nitrogens with zero attached hydrogens (tertiary/aromatic N) is 6. The number of piperazine rings is 1. The van der Waals surface area contributed by atoms with Crippen LogP contribution in [-0.4, -0.2) is 68.5 Å². The minimum Gasteiger partial charge on any atom is -0.354 e. The van der Waals surface area contributed by atoms with E-state index in [1.54, 1.807) is 6.07 Å². The number of carbonyl (C=O) groups is 1. The molecule has 1 saturated heterocycles. The first-order valence-electron chi connectivity index (χ1n) is 10.7. The van der Waals surface area contributed by atoms with Crippen LogP contribution in [0.1, 0.15) is 34.4 Å². The molecule has 0 saturated carbocycles. The van der Waals surface area contributed by atoms with Gasteiger partial charge in [-0.05, 0) is 38.1 Å². The van der Waals surface area contributed by atoms with Crippen LogP contribution in [0.2, 0.25) is 0 Å². The molecule has 0 unspecified atom stereocenters. The highest BCUT2D eigenvalue weighted by molar-refractivity contribution is 5.93. The summed E-state index contributed by atoms with van der Waals surface area (Å²) in [5.74, 6) is 0.795. The van der Waals surface area contributed by atoms with Crippen molar-refractivity contribution in [2.45, 2.75) is 27.3 Å². The maximum absolute atomic E-state index is 12.6. The molecule has 3 aromatic heterocycles. The number of rotatable bonds is 6. The van der Waals surface area contributed by atoms with E-state index in [2.05, 4.69) is 42.3 Å². The van der Waals surface area contributed by atoms with Crippen LogP contribution >= 0.6 is 0 Å². The minimum absolute atomic E-state index is 0.197. The van der Waals surface area contributed by atoms with Crippen molar-refractivity contribution in [2.75, 3.05) is 37.6 Å². The van der Waals surface area contributed by atoms with E-state index in [0.717, 1.165) is 66.8 Å². The number of aromatic amines is 1. The van der Waals surface area contributed by atoms with Crippen molar-refractivity contribution in [1.82, 2.24) is 35.2 Å². The van der Waals surface area contributed by atoms with Crippen LogP contribution < -0.4 is 10.2 Å². The summed E-state index contributed by atoms with van der Waals surface area (Å²) < 4.78 is 1.82. The number of amides is 1. The number of anilines is 1. The highest BCUT2D eigenvalue weighted by Crippen LogP contribution is 2.25. The first-order chi connectivity index (χ1) is 15.0. The zero-order chi connectivity index (χ0) is 22.0. The zero-order valence-corrected chi connectivity index (χ0v) is 18.6. The maximum Gasteiger partial charge on any atom is 0.269 e. The zero-order valence-electron chi connectivity index (χ0n) is 18.6. The van der Waals surface area contributed by atoms with Gasteiger partial charge in [0.25, 0.3) is 5.91 Å². The number of hydrogen-bond donors (Lipinski definition) is 2. The fourth-order valence-electron chi connectivity index (χ4n) is 3.99. The molecular weight excluding hydrogens is 392 g/mol. The number of pyridine rings is 1. The van der Waals surface area contributed by atoms with Gasteiger partial charge in [-0.3, -0.25) is 14.6 Å². The minimum atomic E-state index is -0.197. The standard InChI is InChI=1S/C22H30N8O/c1-5-29-8-10-30(11-9-29)20-7-6-17(13-23-20)14-24-22(31)19-12-18(25-26-19)21-15(2)27-28(4)16(21)3/h6-7,12-13H,5,8-11,14H2,1-4H3,(H,24,31)(H,25,26). The van der Waals surface area contributed by atoms with E-state index in [1.807, 2.05) is 43.9 Å². The Morgan fingerprint density at radius 1 is 1.19 bits per heavy atom. The first kappa shape index (κ1) is 21.0. The van der Waals surface area contributed by atoms with Gasteiger partial charge in [0.1, 0.15) is 11.5 Å². The summed E-state index contributed by atoms with van der Waals surface area (Å²) in [6.07, 6.45) is 1.84. The summed E-state index contributed by atoms with van der Waals surface area (Å²) in [6.45, 7) is 11.8. The second-order valence-corrected chi connectivity index (χ2v) is 7.96. The Kier molecular flexibility index (Phi) is 6.03. The third-order valence-corrected chi connectivity index (χ3v) is 5.99. The maximum atomic E-state index is 12.6. The lowest BCUT2D eigenvalue weighted by atomic mass is 10.1. The Morgan fingerprint density at radius 3 is 2.58 bits per heavy atom. The molecule has 3 aromatic rings. The van der Waals surface area contributed by atoms with E-state index in [0.29, 0.717) is 12.2 Å². The van der Waals surface area contributed by atoms with Crippen molar-refractivity contribution < 1.29 is 4.79 Å².